The van der Waals surface area contributed by atoms with Gasteiger partial charge in [-0.1, -0.05) is 25.6 Å². The van der Waals surface area contributed by atoms with Crippen LogP contribution in [0.2, 0.25) is 0 Å². The normalized spacial score (nSPS) is 10.4. The first kappa shape index (κ1) is 11.1. The van der Waals surface area contributed by atoms with Crippen LogP contribution in [-0.2, 0) is 12.3 Å². The highest BCUT2D eigenvalue weighted by Crippen LogP contribution is 2.17. The van der Waals surface area contributed by atoms with E-state index in [-0.39, 0.29) is 0 Å². The van der Waals surface area contributed by atoms with E-state index in [1.165, 1.54) is 0 Å². The first-order valence-electron chi connectivity index (χ1n) is 4.02. The number of nitrogens with zero attached hydrogens (tertiary/aromatic N) is 1. The van der Waals surface area contributed by atoms with Gasteiger partial charge in [-0.3, -0.25) is 0 Å². The van der Waals surface area contributed by atoms with Crippen molar-refractivity contribution in [2.75, 3.05) is 0 Å². The van der Waals surface area contributed by atoms with Crippen molar-refractivity contribution < 1.29 is 0 Å². The minimum absolute atomic E-state index is 0.369. The minimum Gasteiger partial charge on any atom is -0.345 e. The fourth-order valence-corrected chi connectivity index (χ4v) is 1.79. The lowest BCUT2D eigenvalue weighted by Crippen LogP contribution is -1.99. The molecule has 0 unspecified atom stereocenters. The SMILES string of the molecule is CCCc1[nH]c(CCl)nc(=S)c1Br. The molecule has 72 valence electrons. The number of rotatable bonds is 3. The fraction of sp³-hybridized carbons (Fsp3) is 0.500. The molecular formula is C8H10BrClN2S. The van der Waals surface area contributed by atoms with Crippen molar-refractivity contribution in [2.45, 2.75) is 25.6 Å². The van der Waals surface area contributed by atoms with Gasteiger partial charge in [0.2, 0.25) is 0 Å². The van der Waals surface area contributed by atoms with E-state index in [2.05, 4.69) is 32.8 Å². The summed E-state index contributed by atoms with van der Waals surface area (Å²) in [5.74, 6) is 1.10. The summed E-state index contributed by atoms with van der Waals surface area (Å²) in [5, 5.41) is 0. The molecule has 0 spiro atoms. The average molecular weight is 282 g/mol. The molecule has 0 fully saturated rings. The summed E-state index contributed by atoms with van der Waals surface area (Å²) in [6.07, 6.45) is 2.02. The zero-order valence-electron chi connectivity index (χ0n) is 7.23. The summed E-state index contributed by atoms with van der Waals surface area (Å²) in [4.78, 5) is 7.26. The molecule has 0 aromatic carbocycles. The molecule has 1 N–H and O–H groups in total. The first-order valence-corrected chi connectivity index (χ1v) is 5.76. The van der Waals surface area contributed by atoms with Gasteiger partial charge in [-0.15, -0.1) is 11.6 Å². The molecule has 0 amide bonds. The number of hydrogen-bond donors (Lipinski definition) is 1. The maximum atomic E-state index is 5.67. The molecule has 2 nitrogen and oxygen atoms in total. The Morgan fingerprint density at radius 2 is 2.31 bits per heavy atom. The highest BCUT2D eigenvalue weighted by atomic mass is 79.9. The average Bonchev–Trinajstić information content (AvgIpc) is 2.13. The van der Waals surface area contributed by atoms with Crippen molar-refractivity contribution in [1.82, 2.24) is 9.97 Å². The minimum atomic E-state index is 0.369. The predicted octanol–water partition coefficient (Wildman–Crippen LogP) is 3.59. The van der Waals surface area contributed by atoms with Crippen LogP contribution in [-0.4, -0.2) is 9.97 Å². The van der Waals surface area contributed by atoms with Gasteiger partial charge < -0.3 is 4.98 Å². The summed E-state index contributed by atoms with van der Waals surface area (Å²) in [6, 6.07) is 0. The number of nitrogens with one attached hydrogen (secondary N) is 1. The molecule has 0 radical (unpaired) electrons. The molecule has 0 aliphatic carbocycles. The number of alkyl halides is 1. The largest absolute Gasteiger partial charge is 0.345 e. The molecule has 1 heterocycles. The Morgan fingerprint density at radius 3 is 2.85 bits per heavy atom. The zero-order chi connectivity index (χ0) is 9.84. The van der Waals surface area contributed by atoms with Crippen molar-refractivity contribution in [3.63, 3.8) is 0 Å². The van der Waals surface area contributed by atoms with Crippen LogP contribution in [0.1, 0.15) is 24.9 Å². The van der Waals surface area contributed by atoms with Crippen LogP contribution in [0.3, 0.4) is 0 Å². The van der Waals surface area contributed by atoms with Crippen LogP contribution < -0.4 is 0 Å². The second kappa shape index (κ2) is 5.08. The van der Waals surface area contributed by atoms with Crippen LogP contribution in [0.5, 0.6) is 0 Å². The molecule has 1 aromatic rings. The Bertz CT molecular complexity index is 350. The molecule has 0 saturated carbocycles. The van der Waals surface area contributed by atoms with Crippen molar-refractivity contribution in [3.05, 3.63) is 20.6 Å². The van der Waals surface area contributed by atoms with Crippen molar-refractivity contribution in [1.29, 1.82) is 0 Å². The van der Waals surface area contributed by atoms with E-state index >= 15 is 0 Å². The van der Waals surface area contributed by atoms with E-state index in [1.54, 1.807) is 0 Å². The second-order valence-corrected chi connectivity index (χ2v) is 4.11. The number of halogens is 2. The molecule has 0 aliphatic heterocycles. The lowest BCUT2D eigenvalue weighted by Gasteiger charge is -2.05. The van der Waals surface area contributed by atoms with Gasteiger partial charge in [0.05, 0.1) is 10.4 Å². The molecule has 0 atom stereocenters. The van der Waals surface area contributed by atoms with Crippen LogP contribution in [0.4, 0.5) is 0 Å². The monoisotopic (exact) mass is 280 g/mol. The van der Waals surface area contributed by atoms with Gasteiger partial charge >= 0.3 is 0 Å². The summed E-state index contributed by atoms with van der Waals surface area (Å²) in [6.45, 7) is 2.12. The Labute approximate surface area is 95.9 Å². The van der Waals surface area contributed by atoms with E-state index in [0.717, 1.165) is 28.8 Å². The lowest BCUT2D eigenvalue weighted by molar-refractivity contribution is 0.841. The van der Waals surface area contributed by atoms with Gasteiger partial charge in [-0.25, -0.2) is 4.98 Å². The molecule has 1 rings (SSSR count). The Kier molecular flexibility index (Phi) is 4.35. The van der Waals surface area contributed by atoms with Gasteiger partial charge in [-0.2, -0.15) is 0 Å². The predicted molar refractivity (Wildman–Crippen MR) is 60.7 cm³/mol. The fourth-order valence-electron chi connectivity index (χ4n) is 1.04. The molecule has 5 heteroatoms. The number of aromatic amines is 1. The van der Waals surface area contributed by atoms with E-state index in [1.807, 2.05) is 0 Å². The van der Waals surface area contributed by atoms with Crippen molar-refractivity contribution >= 4 is 39.7 Å². The van der Waals surface area contributed by atoms with E-state index in [0.29, 0.717) is 10.5 Å². The summed E-state index contributed by atoms with van der Waals surface area (Å²) in [7, 11) is 0. The Balaban J connectivity index is 3.17. The topological polar surface area (TPSA) is 28.7 Å². The lowest BCUT2D eigenvalue weighted by atomic mass is 10.2. The quantitative estimate of drug-likeness (QED) is 0.677. The van der Waals surface area contributed by atoms with Gasteiger partial charge in [0.15, 0.2) is 0 Å². The molecule has 0 saturated heterocycles. The third-order valence-corrected chi connectivity index (χ3v) is 3.28. The Hall–Kier alpha value is 0.0700. The van der Waals surface area contributed by atoms with E-state index in [9.17, 15) is 0 Å². The van der Waals surface area contributed by atoms with Crippen LogP contribution in [0.25, 0.3) is 0 Å². The Morgan fingerprint density at radius 1 is 1.62 bits per heavy atom. The molecule has 13 heavy (non-hydrogen) atoms. The first-order chi connectivity index (χ1) is 6.19. The molecule has 0 bridgehead atoms. The van der Waals surface area contributed by atoms with Crippen LogP contribution in [0.15, 0.2) is 4.47 Å². The maximum Gasteiger partial charge on any atom is 0.144 e. The zero-order valence-corrected chi connectivity index (χ0v) is 10.4. The number of H-pyrrole nitrogens is 1. The van der Waals surface area contributed by atoms with Gasteiger partial charge in [0.25, 0.3) is 0 Å². The smallest absolute Gasteiger partial charge is 0.144 e. The maximum absolute atomic E-state index is 5.67. The van der Waals surface area contributed by atoms with E-state index < -0.39 is 0 Å². The standard InChI is InChI=1S/C8H10BrClN2S/c1-2-3-5-7(9)8(13)12-6(4-10)11-5/h2-4H2,1H3,(H,11,12,13). The van der Waals surface area contributed by atoms with Crippen molar-refractivity contribution in [2.24, 2.45) is 0 Å². The number of aryl methyl sites for hydroxylation is 1. The number of hydrogen-bond acceptors (Lipinski definition) is 2. The van der Waals surface area contributed by atoms with Crippen LogP contribution >= 0.6 is 39.7 Å². The van der Waals surface area contributed by atoms with Gasteiger partial charge in [0, 0.05) is 5.69 Å². The third-order valence-electron chi connectivity index (χ3n) is 1.61. The van der Waals surface area contributed by atoms with E-state index in [4.69, 9.17) is 23.8 Å². The summed E-state index contributed by atoms with van der Waals surface area (Å²) < 4.78 is 1.47. The highest BCUT2D eigenvalue weighted by molar-refractivity contribution is 9.10. The number of aromatic nitrogens is 2. The van der Waals surface area contributed by atoms with Gasteiger partial charge in [0.1, 0.15) is 10.5 Å². The van der Waals surface area contributed by atoms with Crippen molar-refractivity contribution in [3.8, 4) is 0 Å². The van der Waals surface area contributed by atoms with Crippen LogP contribution in [0, 0.1) is 4.64 Å². The summed E-state index contributed by atoms with van der Waals surface area (Å²) in [5.41, 5.74) is 1.08. The molecule has 1 aromatic heterocycles. The van der Waals surface area contributed by atoms with Gasteiger partial charge in [-0.05, 0) is 22.4 Å². The summed E-state index contributed by atoms with van der Waals surface area (Å²) >= 11 is 14.1. The molecular weight excluding hydrogens is 272 g/mol. The highest BCUT2D eigenvalue weighted by Gasteiger charge is 2.04. The third kappa shape index (κ3) is 2.76. The second-order valence-electron chi connectivity index (χ2n) is 2.66. The molecule has 0 aliphatic rings.